The number of allylic oxidation sites excluding steroid dienone is 1. The van der Waals surface area contributed by atoms with Gasteiger partial charge in [0.25, 0.3) is 5.91 Å². The Morgan fingerprint density at radius 2 is 1.62 bits per heavy atom. The Hall–Kier alpha value is -3.08. The minimum Gasteiger partial charge on any atom is -0.327 e. The molecule has 26 heavy (non-hydrogen) atoms. The maximum atomic E-state index is 13.0. The van der Waals surface area contributed by atoms with Crippen LogP contribution >= 0.6 is 0 Å². The molecule has 1 heterocycles. The van der Waals surface area contributed by atoms with Gasteiger partial charge in [-0.2, -0.15) is 0 Å². The Morgan fingerprint density at radius 1 is 1.00 bits per heavy atom. The lowest BCUT2D eigenvalue weighted by Gasteiger charge is -2.31. The van der Waals surface area contributed by atoms with Crippen molar-refractivity contribution in [2.75, 3.05) is 5.32 Å². The van der Waals surface area contributed by atoms with Crippen LogP contribution in [0.5, 0.6) is 0 Å². The second-order valence-electron chi connectivity index (χ2n) is 6.70. The van der Waals surface area contributed by atoms with Gasteiger partial charge in [-0.05, 0) is 56.5 Å². The number of anilines is 1. The van der Waals surface area contributed by atoms with E-state index in [2.05, 4.69) is 28.1 Å². The van der Waals surface area contributed by atoms with Crippen molar-refractivity contribution in [2.24, 2.45) is 0 Å². The van der Waals surface area contributed by atoms with Crippen molar-refractivity contribution in [2.45, 2.75) is 33.7 Å². The summed E-state index contributed by atoms with van der Waals surface area (Å²) >= 11 is 0. The lowest BCUT2D eigenvalue weighted by molar-refractivity contribution is -0.113. The smallest absolute Gasteiger partial charge is 0.319 e. The van der Waals surface area contributed by atoms with Gasteiger partial charge in [0, 0.05) is 11.4 Å². The normalized spacial score (nSPS) is 16.8. The molecule has 0 saturated carbocycles. The number of hydrogen-bond acceptors (Lipinski definition) is 2. The third-order valence-corrected chi connectivity index (χ3v) is 4.57. The third-order valence-electron chi connectivity index (χ3n) is 4.57. The maximum absolute atomic E-state index is 13.0. The average molecular weight is 349 g/mol. The molecule has 0 saturated heterocycles. The molecule has 0 aliphatic carbocycles. The van der Waals surface area contributed by atoms with Crippen molar-refractivity contribution in [1.82, 2.24) is 10.6 Å². The molecule has 1 aliphatic rings. The van der Waals surface area contributed by atoms with Gasteiger partial charge >= 0.3 is 6.03 Å². The highest BCUT2D eigenvalue weighted by Gasteiger charge is 2.33. The first-order valence-corrected chi connectivity index (χ1v) is 8.59. The van der Waals surface area contributed by atoms with Crippen LogP contribution in [0.2, 0.25) is 0 Å². The molecule has 3 amide bonds. The van der Waals surface area contributed by atoms with Gasteiger partial charge in [0.15, 0.2) is 0 Å². The Morgan fingerprint density at radius 3 is 2.23 bits per heavy atom. The summed E-state index contributed by atoms with van der Waals surface area (Å²) in [7, 11) is 0. The first kappa shape index (κ1) is 17.7. The summed E-state index contributed by atoms with van der Waals surface area (Å²) in [5.41, 5.74) is 6.00. The summed E-state index contributed by atoms with van der Waals surface area (Å²) in [6.45, 7) is 7.80. The van der Waals surface area contributed by atoms with Crippen molar-refractivity contribution in [3.63, 3.8) is 0 Å². The van der Waals surface area contributed by atoms with Crippen LogP contribution in [0.4, 0.5) is 10.5 Å². The summed E-state index contributed by atoms with van der Waals surface area (Å²) in [6, 6.07) is 12.6. The zero-order valence-corrected chi connectivity index (χ0v) is 15.4. The first-order chi connectivity index (χ1) is 12.4. The molecule has 0 unspecified atom stereocenters. The van der Waals surface area contributed by atoms with Crippen molar-refractivity contribution in [3.05, 3.63) is 76.0 Å². The number of amides is 3. The van der Waals surface area contributed by atoms with Gasteiger partial charge in [-0.25, -0.2) is 4.79 Å². The molecular weight excluding hydrogens is 326 g/mol. The number of carbonyl (C=O) groups is 2. The SMILES string of the molecule is CC1=C(C(=O)Nc2ccccc2)[C@H](c2c(C)cc(C)cc2C)NC(=O)N1. The summed E-state index contributed by atoms with van der Waals surface area (Å²) in [5.74, 6) is -0.231. The predicted octanol–water partition coefficient (Wildman–Crippen LogP) is 3.88. The summed E-state index contributed by atoms with van der Waals surface area (Å²) in [6.07, 6.45) is 0. The highest BCUT2D eigenvalue weighted by molar-refractivity contribution is 6.06. The number of rotatable bonds is 3. The van der Waals surface area contributed by atoms with Crippen molar-refractivity contribution in [1.29, 1.82) is 0 Å². The molecule has 1 atom stereocenters. The van der Waals surface area contributed by atoms with E-state index in [-0.39, 0.29) is 11.9 Å². The Balaban J connectivity index is 2.04. The number of nitrogens with one attached hydrogen (secondary N) is 3. The molecule has 0 spiro atoms. The standard InChI is InChI=1S/C21H23N3O2/c1-12-10-13(2)17(14(3)11-12)19-18(15(4)22-21(26)24-19)20(25)23-16-8-6-5-7-9-16/h5-11,19H,1-4H3,(H,23,25)(H2,22,24,26)/t19-/m0/s1. The second kappa shape index (κ2) is 7.04. The van der Waals surface area contributed by atoms with Crippen molar-refractivity contribution >= 4 is 17.6 Å². The monoisotopic (exact) mass is 349 g/mol. The number of aryl methyl sites for hydroxylation is 3. The summed E-state index contributed by atoms with van der Waals surface area (Å²) < 4.78 is 0. The number of carbonyl (C=O) groups excluding carboxylic acids is 2. The van der Waals surface area contributed by atoms with Gasteiger partial charge in [-0.3, -0.25) is 4.79 Å². The number of para-hydroxylation sites is 1. The van der Waals surface area contributed by atoms with Crippen LogP contribution < -0.4 is 16.0 Å². The highest BCUT2D eigenvalue weighted by Crippen LogP contribution is 2.32. The molecule has 5 nitrogen and oxygen atoms in total. The number of urea groups is 1. The molecule has 1 aliphatic heterocycles. The van der Waals surface area contributed by atoms with E-state index in [0.717, 1.165) is 22.3 Å². The predicted molar refractivity (Wildman–Crippen MR) is 103 cm³/mol. The van der Waals surface area contributed by atoms with E-state index >= 15 is 0 Å². The minimum absolute atomic E-state index is 0.231. The molecule has 0 fully saturated rings. The van der Waals surface area contributed by atoms with Crippen LogP contribution in [0.25, 0.3) is 0 Å². The van der Waals surface area contributed by atoms with E-state index in [0.29, 0.717) is 17.0 Å². The maximum Gasteiger partial charge on any atom is 0.319 e. The van der Waals surface area contributed by atoms with Gasteiger partial charge < -0.3 is 16.0 Å². The van der Waals surface area contributed by atoms with Gasteiger partial charge in [0.2, 0.25) is 0 Å². The molecule has 0 bridgehead atoms. The summed E-state index contributed by atoms with van der Waals surface area (Å²) in [5, 5.41) is 8.55. The van der Waals surface area contributed by atoms with E-state index in [4.69, 9.17) is 0 Å². The van der Waals surface area contributed by atoms with E-state index in [9.17, 15) is 9.59 Å². The molecule has 0 radical (unpaired) electrons. The lowest BCUT2D eigenvalue weighted by Crippen LogP contribution is -2.46. The quantitative estimate of drug-likeness (QED) is 0.787. The fourth-order valence-electron chi connectivity index (χ4n) is 3.58. The summed E-state index contributed by atoms with van der Waals surface area (Å²) in [4.78, 5) is 25.1. The average Bonchev–Trinajstić information content (AvgIpc) is 2.54. The molecule has 134 valence electrons. The number of benzene rings is 2. The molecular formula is C21H23N3O2. The van der Waals surface area contributed by atoms with Crippen LogP contribution in [-0.4, -0.2) is 11.9 Å². The lowest BCUT2D eigenvalue weighted by atomic mass is 9.87. The van der Waals surface area contributed by atoms with E-state index < -0.39 is 6.04 Å². The van der Waals surface area contributed by atoms with Crippen LogP contribution in [0, 0.1) is 20.8 Å². The van der Waals surface area contributed by atoms with E-state index in [1.54, 1.807) is 6.92 Å². The Labute approximate surface area is 153 Å². The second-order valence-corrected chi connectivity index (χ2v) is 6.70. The van der Waals surface area contributed by atoms with Crippen LogP contribution in [0.1, 0.15) is 35.2 Å². The van der Waals surface area contributed by atoms with Crippen molar-refractivity contribution in [3.8, 4) is 0 Å². The van der Waals surface area contributed by atoms with Gasteiger partial charge in [0.05, 0.1) is 11.6 Å². The molecule has 3 N–H and O–H groups in total. The van der Waals surface area contributed by atoms with Crippen LogP contribution in [0.3, 0.4) is 0 Å². The third kappa shape index (κ3) is 3.47. The van der Waals surface area contributed by atoms with Gasteiger partial charge in [-0.15, -0.1) is 0 Å². The van der Waals surface area contributed by atoms with E-state index in [1.165, 1.54) is 0 Å². The highest BCUT2D eigenvalue weighted by atomic mass is 16.2. The minimum atomic E-state index is -0.493. The fraction of sp³-hybridized carbons (Fsp3) is 0.238. The Kier molecular flexibility index (Phi) is 4.80. The molecule has 0 aromatic heterocycles. The van der Waals surface area contributed by atoms with Gasteiger partial charge in [0.1, 0.15) is 0 Å². The molecule has 5 heteroatoms. The largest absolute Gasteiger partial charge is 0.327 e. The topological polar surface area (TPSA) is 70.2 Å². The zero-order valence-electron chi connectivity index (χ0n) is 15.4. The van der Waals surface area contributed by atoms with Crippen LogP contribution in [0.15, 0.2) is 53.7 Å². The number of hydrogen-bond donors (Lipinski definition) is 3. The van der Waals surface area contributed by atoms with Crippen LogP contribution in [-0.2, 0) is 4.79 Å². The van der Waals surface area contributed by atoms with Gasteiger partial charge in [-0.1, -0.05) is 35.9 Å². The fourth-order valence-corrected chi connectivity index (χ4v) is 3.58. The zero-order chi connectivity index (χ0) is 18.8. The molecule has 3 rings (SSSR count). The molecule has 2 aromatic carbocycles. The molecule has 2 aromatic rings. The van der Waals surface area contributed by atoms with Crippen molar-refractivity contribution < 1.29 is 9.59 Å². The van der Waals surface area contributed by atoms with E-state index in [1.807, 2.05) is 51.1 Å². The Bertz CT molecular complexity index is 878. The first-order valence-electron chi connectivity index (χ1n) is 8.59.